The summed E-state index contributed by atoms with van der Waals surface area (Å²) in [4.78, 5) is 0. The van der Waals surface area contributed by atoms with E-state index in [9.17, 15) is 0 Å². The zero-order valence-corrected chi connectivity index (χ0v) is 13.8. The Morgan fingerprint density at radius 3 is 1.27 bits per heavy atom. The van der Waals surface area contributed by atoms with Crippen molar-refractivity contribution in [3.63, 3.8) is 0 Å². The molecule has 0 heterocycles. The molecule has 15 heavy (non-hydrogen) atoms. The van der Waals surface area contributed by atoms with Crippen LogP contribution in [0.4, 0.5) is 0 Å². The zero-order valence-electron chi connectivity index (χ0n) is 10.2. The first-order chi connectivity index (χ1) is 5.79. The van der Waals surface area contributed by atoms with E-state index in [4.69, 9.17) is 0 Å². The van der Waals surface area contributed by atoms with Crippen LogP contribution in [0.15, 0.2) is 35.5 Å². The minimum absolute atomic E-state index is 0. The van der Waals surface area contributed by atoms with Gasteiger partial charge in [0.25, 0.3) is 0 Å². The summed E-state index contributed by atoms with van der Waals surface area (Å²) in [5.41, 5.74) is 2.55. The van der Waals surface area contributed by atoms with Crippen LogP contribution in [0.1, 0.15) is 26.7 Å². The van der Waals surface area contributed by atoms with Crippen LogP contribution in [0.2, 0.25) is 0 Å². The first kappa shape index (κ1) is 20.3. The fraction of sp³-hybridized carbons (Fsp3) is 0.286. The second-order valence-corrected chi connectivity index (χ2v) is 2.93. The van der Waals surface area contributed by atoms with Crippen LogP contribution in [-0.4, -0.2) is 0 Å². The maximum absolute atomic E-state index is 3.12. The van der Waals surface area contributed by atoms with Gasteiger partial charge < -0.3 is 14.9 Å². The maximum atomic E-state index is 3.12. The molecule has 0 spiro atoms. The Hall–Kier alpha value is -0.170. The minimum atomic E-state index is 0. The summed E-state index contributed by atoms with van der Waals surface area (Å²) in [5, 5.41) is 0. The predicted molar refractivity (Wildman–Crippen MR) is 65.2 cm³/mol. The monoisotopic (exact) mass is 368 g/mol. The Morgan fingerprint density at radius 2 is 1.20 bits per heavy atom. The van der Waals surface area contributed by atoms with E-state index in [1.54, 1.807) is 0 Å². The van der Waals surface area contributed by atoms with E-state index >= 15 is 0 Å². The van der Waals surface area contributed by atoms with Crippen LogP contribution < -0.4 is 0 Å². The van der Waals surface area contributed by atoms with Crippen molar-refractivity contribution in [1.82, 2.24) is 0 Å². The van der Waals surface area contributed by atoms with E-state index in [0.29, 0.717) is 0 Å². The van der Waals surface area contributed by atoms with Gasteiger partial charge in [-0.05, 0) is 0 Å². The molecule has 0 N–H and O–H groups in total. The zero-order chi connectivity index (χ0) is 8.81. The molecule has 0 aromatic heterocycles. The Labute approximate surface area is 115 Å². The molecular weight excluding hydrogens is 347 g/mol. The summed E-state index contributed by atoms with van der Waals surface area (Å²) in [6.45, 7) is 4.12. The van der Waals surface area contributed by atoms with Crippen molar-refractivity contribution in [2.45, 2.75) is 26.7 Å². The van der Waals surface area contributed by atoms with Crippen LogP contribution in [0.3, 0.4) is 0 Å². The molecule has 2 aliphatic rings. The van der Waals surface area contributed by atoms with Crippen LogP contribution in [-0.2, 0) is 25.8 Å². The van der Waals surface area contributed by atoms with Gasteiger partial charge in [-0.1, -0.05) is 13.8 Å². The molecule has 0 unspecified atom stereocenters. The van der Waals surface area contributed by atoms with E-state index in [1.165, 1.54) is 11.1 Å². The third kappa shape index (κ3) is 10.1. The normalized spacial score (nSPS) is 14.8. The minimum Gasteiger partial charge on any atom is -0.358 e. The van der Waals surface area contributed by atoms with Crippen molar-refractivity contribution in [1.29, 1.82) is 0 Å². The SMILES string of the molecule is CC1=[C-]CC=C1.CC1=[C-]CC=C1.[CH3-].[CH3-].[Hf+4]. The van der Waals surface area contributed by atoms with Crippen molar-refractivity contribution < 1.29 is 25.8 Å². The number of rotatable bonds is 0. The van der Waals surface area contributed by atoms with Crippen molar-refractivity contribution in [3.8, 4) is 0 Å². The molecule has 0 bridgehead atoms. The maximum Gasteiger partial charge on any atom is 4.00 e. The quantitative estimate of drug-likeness (QED) is 0.443. The van der Waals surface area contributed by atoms with Gasteiger partial charge in [-0.25, -0.2) is 23.3 Å². The van der Waals surface area contributed by atoms with Crippen molar-refractivity contribution in [3.05, 3.63) is 62.5 Å². The second-order valence-electron chi connectivity index (χ2n) is 2.93. The van der Waals surface area contributed by atoms with Crippen LogP contribution in [0.25, 0.3) is 0 Å². The van der Waals surface area contributed by atoms with E-state index in [2.05, 4.69) is 50.3 Å². The molecule has 2 aliphatic carbocycles. The van der Waals surface area contributed by atoms with E-state index in [0.717, 1.165) is 12.8 Å². The molecule has 0 aromatic carbocycles. The number of hydrogen-bond donors (Lipinski definition) is 0. The van der Waals surface area contributed by atoms with E-state index in [1.807, 2.05) is 0 Å². The van der Waals surface area contributed by atoms with Crippen LogP contribution >= 0.6 is 0 Å². The first-order valence-corrected chi connectivity index (χ1v) is 4.27. The topological polar surface area (TPSA) is 0 Å². The van der Waals surface area contributed by atoms with Gasteiger partial charge in [0.2, 0.25) is 0 Å². The molecule has 0 nitrogen and oxygen atoms in total. The predicted octanol–water partition coefficient (Wildman–Crippen LogP) is 4.29. The Kier molecular flexibility index (Phi) is 16.1. The Balaban J connectivity index is -0.000000160. The molecule has 0 amide bonds. The van der Waals surface area contributed by atoms with Crippen molar-refractivity contribution >= 4 is 0 Å². The molecule has 0 atom stereocenters. The summed E-state index contributed by atoms with van der Waals surface area (Å²) in [7, 11) is 0. The molecule has 0 aliphatic heterocycles. The smallest absolute Gasteiger partial charge is 0.358 e. The van der Waals surface area contributed by atoms with Crippen molar-refractivity contribution in [2.24, 2.45) is 0 Å². The van der Waals surface area contributed by atoms with Gasteiger partial charge >= 0.3 is 25.8 Å². The molecule has 0 aromatic rings. The number of allylic oxidation sites excluding steroid dienone is 8. The molecule has 2 rings (SSSR count). The Bertz CT molecular complexity index is 221. The summed E-state index contributed by atoms with van der Waals surface area (Å²) >= 11 is 0. The van der Waals surface area contributed by atoms with Gasteiger partial charge in [0.1, 0.15) is 0 Å². The van der Waals surface area contributed by atoms with Gasteiger partial charge in [-0.3, -0.25) is 12.2 Å². The van der Waals surface area contributed by atoms with Crippen LogP contribution in [0, 0.1) is 27.0 Å². The van der Waals surface area contributed by atoms with Gasteiger partial charge in [-0.2, -0.15) is 12.2 Å². The van der Waals surface area contributed by atoms with Gasteiger partial charge in [0.05, 0.1) is 0 Å². The average molecular weight is 367 g/mol. The molecule has 0 radical (unpaired) electrons. The average Bonchev–Trinajstić information content (AvgIpc) is 2.63. The van der Waals surface area contributed by atoms with Gasteiger partial charge in [0, 0.05) is 0 Å². The first-order valence-electron chi connectivity index (χ1n) is 4.27. The standard InChI is InChI=1S/2C6H7.2CH3.Hf/c2*1-6-4-2-3-5-6;;;/h2*2,4H,3H2,1H3;2*1H3;/q4*-1;+4. The second kappa shape index (κ2) is 11.9. The van der Waals surface area contributed by atoms with Gasteiger partial charge in [0.15, 0.2) is 0 Å². The fourth-order valence-electron chi connectivity index (χ4n) is 1.03. The van der Waals surface area contributed by atoms with E-state index < -0.39 is 0 Å². The molecule has 80 valence electrons. The third-order valence-electron chi connectivity index (χ3n) is 1.73. The van der Waals surface area contributed by atoms with Gasteiger partial charge in [-0.15, -0.1) is 12.8 Å². The van der Waals surface area contributed by atoms with Crippen molar-refractivity contribution in [2.75, 3.05) is 0 Å². The molecule has 0 saturated heterocycles. The van der Waals surface area contributed by atoms with Crippen LogP contribution in [0.5, 0.6) is 0 Å². The molecule has 0 fully saturated rings. The third-order valence-corrected chi connectivity index (χ3v) is 1.73. The number of hydrogen-bond acceptors (Lipinski definition) is 0. The largest absolute Gasteiger partial charge is 4.00 e. The van der Waals surface area contributed by atoms with E-state index in [-0.39, 0.29) is 40.7 Å². The summed E-state index contributed by atoms with van der Waals surface area (Å²) in [6, 6.07) is 0. The Morgan fingerprint density at radius 1 is 0.867 bits per heavy atom. The summed E-state index contributed by atoms with van der Waals surface area (Å²) in [5.74, 6) is 0. The molecular formula is C14H20Hf. The molecule has 1 heteroatoms. The summed E-state index contributed by atoms with van der Waals surface area (Å²) in [6.07, 6.45) is 16.7. The fourth-order valence-corrected chi connectivity index (χ4v) is 1.03. The molecule has 0 saturated carbocycles. The summed E-state index contributed by atoms with van der Waals surface area (Å²) < 4.78 is 0.